The molecule has 0 radical (unpaired) electrons. The molecule has 0 bridgehead atoms. The van der Waals surface area contributed by atoms with Crippen molar-refractivity contribution in [1.82, 2.24) is 15.2 Å². The largest absolute Gasteiger partial charge is 0.495 e. The average molecular weight is 483 g/mol. The molecule has 1 aliphatic rings. The predicted molar refractivity (Wildman–Crippen MR) is 123 cm³/mol. The summed E-state index contributed by atoms with van der Waals surface area (Å²) in [5.74, 6) is 2.42. The number of rotatable bonds is 7. The number of aliphatic imine (C=N–C) groups is 1. The van der Waals surface area contributed by atoms with Gasteiger partial charge >= 0.3 is 0 Å². The van der Waals surface area contributed by atoms with Gasteiger partial charge in [-0.15, -0.1) is 24.0 Å². The van der Waals surface area contributed by atoms with Gasteiger partial charge in [-0.05, 0) is 36.6 Å². The Bertz CT molecular complexity index is 704. The van der Waals surface area contributed by atoms with E-state index >= 15 is 0 Å². The smallest absolute Gasteiger partial charge is 0.191 e. The molecule has 6 nitrogen and oxygen atoms in total. The first-order valence-corrected chi connectivity index (χ1v) is 9.23. The lowest BCUT2D eigenvalue weighted by molar-refractivity contribution is 0.414. The number of methoxy groups -OCH3 is 1. The lowest BCUT2D eigenvalue weighted by atomic mass is 10.1. The number of nitrogens with zero attached hydrogens (tertiary/aromatic N) is 3. The number of ether oxygens (including phenoxy) is 1. The number of para-hydroxylation sites is 2. The molecule has 1 saturated heterocycles. The maximum absolute atomic E-state index is 5.50. The Morgan fingerprint density at radius 1 is 1.19 bits per heavy atom. The highest BCUT2D eigenvalue weighted by Gasteiger charge is 2.24. The number of nitrogens with one attached hydrogen (secondary N) is 2. The molecule has 0 saturated carbocycles. The van der Waals surface area contributed by atoms with Crippen LogP contribution in [-0.2, 0) is 6.54 Å². The van der Waals surface area contributed by atoms with Crippen LogP contribution in [0.25, 0.3) is 0 Å². The van der Waals surface area contributed by atoms with Gasteiger partial charge in [0.15, 0.2) is 5.96 Å². The van der Waals surface area contributed by atoms with Crippen molar-refractivity contribution in [2.45, 2.75) is 13.0 Å². The third-order valence-corrected chi connectivity index (χ3v) is 4.82. The highest BCUT2D eigenvalue weighted by atomic mass is 127. The molecule has 1 aliphatic heterocycles. The van der Waals surface area contributed by atoms with Crippen LogP contribution in [0.15, 0.2) is 53.8 Å². The van der Waals surface area contributed by atoms with E-state index in [-0.39, 0.29) is 24.0 Å². The van der Waals surface area contributed by atoms with E-state index in [1.54, 1.807) is 7.11 Å². The number of guanidine groups is 1. The van der Waals surface area contributed by atoms with E-state index in [2.05, 4.69) is 49.6 Å². The highest BCUT2D eigenvalue weighted by molar-refractivity contribution is 14.0. The van der Waals surface area contributed by atoms with Gasteiger partial charge in [0, 0.05) is 52.2 Å². The second kappa shape index (κ2) is 11.1. The molecule has 1 unspecified atom stereocenters. The van der Waals surface area contributed by atoms with E-state index in [9.17, 15) is 0 Å². The van der Waals surface area contributed by atoms with E-state index < -0.39 is 0 Å². The van der Waals surface area contributed by atoms with Crippen LogP contribution in [0.4, 0.5) is 5.69 Å². The van der Waals surface area contributed by atoms with Gasteiger partial charge in [0.1, 0.15) is 5.75 Å². The zero-order valence-corrected chi connectivity index (χ0v) is 18.4. The molecule has 1 aromatic carbocycles. The van der Waals surface area contributed by atoms with Gasteiger partial charge in [0.05, 0.1) is 12.8 Å². The van der Waals surface area contributed by atoms with Crippen LogP contribution in [0.2, 0.25) is 0 Å². The first-order valence-electron chi connectivity index (χ1n) is 9.23. The fraction of sp³-hybridized carbons (Fsp3) is 0.450. The van der Waals surface area contributed by atoms with Crippen molar-refractivity contribution in [3.8, 4) is 5.75 Å². The van der Waals surface area contributed by atoms with E-state index in [0.717, 1.165) is 44.4 Å². The Labute approximate surface area is 179 Å². The van der Waals surface area contributed by atoms with Gasteiger partial charge in [-0.2, -0.15) is 0 Å². The van der Waals surface area contributed by atoms with Gasteiger partial charge in [0.25, 0.3) is 0 Å². The Balaban J connectivity index is 0.00000261. The predicted octanol–water partition coefficient (Wildman–Crippen LogP) is 2.81. The number of aromatic nitrogens is 1. The molecule has 1 fully saturated rings. The molecule has 2 aromatic rings. The zero-order chi connectivity index (χ0) is 18.2. The van der Waals surface area contributed by atoms with Crippen molar-refractivity contribution in [3.05, 3.63) is 48.8 Å². The second-order valence-electron chi connectivity index (χ2n) is 6.57. The van der Waals surface area contributed by atoms with Gasteiger partial charge in [-0.1, -0.05) is 12.1 Å². The zero-order valence-electron chi connectivity index (χ0n) is 16.1. The average Bonchev–Trinajstić information content (AvgIpc) is 3.36. The van der Waals surface area contributed by atoms with Crippen molar-refractivity contribution in [2.24, 2.45) is 10.9 Å². The molecule has 7 heteroatoms. The number of halogens is 1. The second-order valence-corrected chi connectivity index (χ2v) is 6.57. The van der Waals surface area contributed by atoms with Crippen molar-refractivity contribution in [1.29, 1.82) is 0 Å². The number of benzene rings is 1. The van der Waals surface area contributed by atoms with Crippen LogP contribution in [-0.4, -0.2) is 50.9 Å². The van der Waals surface area contributed by atoms with Crippen molar-refractivity contribution in [2.75, 3.05) is 45.2 Å². The standard InChI is InChI=1S/C20H29N5O.HI/c1-21-20(22-10-14-24-11-5-6-12-24)23-15-17-9-13-25(16-17)18-7-3-4-8-19(18)26-2;/h3-8,11-12,17H,9-10,13-16H2,1-2H3,(H2,21,22,23);1H. The van der Waals surface area contributed by atoms with Crippen LogP contribution in [0.5, 0.6) is 5.75 Å². The van der Waals surface area contributed by atoms with E-state index in [1.165, 1.54) is 12.1 Å². The normalized spacial score (nSPS) is 16.7. The fourth-order valence-electron chi connectivity index (χ4n) is 3.39. The van der Waals surface area contributed by atoms with Crippen LogP contribution in [0.1, 0.15) is 6.42 Å². The summed E-state index contributed by atoms with van der Waals surface area (Å²) in [5.41, 5.74) is 1.19. The lowest BCUT2D eigenvalue weighted by Gasteiger charge is -2.21. The molecule has 2 heterocycles. The number of hydrogen-bond acceptors (Lipinski definition) is 3. The van der Waals surface area contributed by atoms with Crippen LogP contribution < -0.4 is 20.3 Å². The molecule has 1 atom stereocenters. The van der Waals surface area contributed by atoms with E-state index in [0.29, 0.717) is 5.92 Å². The molecule has 1 aromatic heterocycles. The first-order chi connectivity index (χ1) is 12.8. The third-order valence-electron chi connectivity index (χ3n) is 4.82. The molecule has 148 valence electrons. The molecule has 27 heavy (non-hydrogen) atoms. The van der Waals surface area contributed by atoms with Crippen molar-refractivity contribution < 1.29 is 4.74 Å². The summed E-state index contributed by atoms with van der Waals surface area (Å²) in [5, 5.41) is 6.84. The van der Waals surface area contributed by atoms with Gasteiger partial charge < -0.3 is 24.8 Å². The summed E-state index contributed by atoms with van der Waals surface area (Å²) >= 11 is 0. The van der Waals surface area contributed by atoms with Crippen LogP contribution in [0, 0.1) is 5.92 Å². The minimum Gasteiger partial charge on any atom is -0.495 e. The Morgan fingerprint density at radius 3 is 2.70 bits per heavy atom. The summed E-state index contributed by atoms with van der Waals surface area (Å²) in [6.45, 7) is 4.81. The maximum Gasteiger partial charge on any atom is 0.191 e. The molecular weight excluding hydrogens is 453 g/mol. The van der Waals surface area contributed by atoms with E-state index in [1.807, 2.05) is 31.3 Å². The molecule has 2 N–H and O–H groups in total. The molecule has 0 amide bonds. The summed E-state index contributed by atoms with van der Waals surface area (Å²) in [6, 6.07) is 12.3. The minimum absolute atomic E-state index is 0. The first kappa shape index (κ1) is 21.4. The number of anilines is 1. The van der Waals surface area contributed by atoms with Crippen molar-refractivity contribution in [3.63, 3.8) is 0 Å². The Morgan fingerprint density at radius 2 is 1.96 bits per heavy atom. The Hall–Kier alpha value is -1.90. The summed E-state index contributed by atoms with van der Waals surface area (Å²) in [6.07, 6.45) is 5.32. The SMILES string of the molecule is CN=C(NCCn1cccc1)NCC1CCN(c2ccccc2OC)C1.I. The minimum atomic E-state index is 0. The lowest BCUT2D eigenvalue weighted by Crippen LogP contribution is -2.41. The quantitative estimate of drug-likeness (QED) is 0.362. The molecule has 3 rings (SSSR count). The summed E-state index contributed by atoms with van der Waals surface area (Å²) < 4.78 is 7.65. The topological polar surface area (TPSA) is 53.8 Å². The molecule has 0 spiro atoms. The molecule has 0 aliphatic carbocycles. The van der Waals surface area contributed by atoms with Crippen LogP contribution in [0.3, 0.4) is 0 Å². The molecular formula is C20H30IN5O. The van der Waals surface area contributed by atoms with Gasteiger partial charge in [0.2, 0.25) is 0 Å². The third kappa shape index (κ3) is 6.05. The van der Waals surface area contributed by atoms with Gasteiger partial charge in [-0.3, -0.25) is 4.99 Å². The Kier molecular flexibility index (Phi) is 8.77. The summed E-state index contributed by atoms with van der Waals surface area (Å²) in [4.78, 5) is 6.73. The van der Waals surface area contributed by atoms with Crippen LogP contribution >= 0.6 is 24.0 Å². The van der Waals surface area contributed by atoms with Crippen molar-refractivity contribution >= 4 is 35.6 Å². The highest BCUT2D eigenvalue weighted by Crippen LogP contribution is 2.31. The monoisotopic (exact) mass is 483 g/mol. The number of hydrogen-bond donors (Lipinski definition) is 2. The summed E-state index contributed by atoms with van der Waals surface area (Å²) in [7, 11) is 3.55. The van der Waals surface area contributed by atoms with Gasteiger partial charge in [-0.25, -0.2) is 0 Å². The van der Waals surface area contributed by atoms with E-state index in [4.69, 9.17) is 4.74 Å². The maximum atomic E-state index is 5.50. The fourth-order valence-corrected chi connectivity index (χ4v) is 3.39.